The molecule has 1 fully saturated rings. The van der Waals surface area contributed by atoms with Crippen molar-refractivity contribution in [1.29, 1.82) is 0 Å². The van der Waals surface area contributed by atoms with Gasteiger partial charge >= 0.3 is 0 Å². The largest absolute Gasteiger partial charge is 0.464 e. The molecule has 3 heterocycles. The highest BCUT2D eigenvalue weighted by Crippen LogP contribution is 2.29. The molecule has 1 aromatic heterocycles. The third-order valence-corrected chi connectivity index (χ3v) is 5.58. The van der Waals surface area contributed by atoms with E-state index in [4.69, 9.17) is 4.42 Å². The van der Waals surface area contributed by atoms with E-state index in [-0.39, 0.29) is 11.9 Å². The summed E-state index contributed by atoms with van der Waals surface area (Å²) in [6.07, 6.45) is 2.67. The van der Waals surface area contributed by atoms with E-state index in [1.54, 1.807) is 12.3 Å². The van der Waals surface area contributed by atoms with Gasteiger partial charge in [-0.1, -0.05) is 12.1 Å². The lowest BCUT2D eigenvalue weighted by Gasteiger charge is -2.34. The lowest BCUT2D eigenvalue weighted by molar-refractivity contribution is 0.199. The topological polar surface area (TPSA) is 55.7 Å². The molecule has 7 heteroatoms. The van der Waals surface area contributed by atoms with Crippen LogP contribution in [-0.4, -0.2) is 37.6 Å². The molecule has 0 spiro atoms. The molecule has 3 aromatic rings. The summed E-state index contributed by atoms with van der Waals surface area (Å²) in [5, 5.41) is 6.68. The second kappa shape index (κ2) is 7.43. The van der Waals surface area contributed by atoms with E-state index in [1.807, 2.05) is 12.1 Å². The number of hydrogen-bond donors (Lipinski definition) is 3. The lowest BCUT2D eigenvalue weighted by atomic mass is 10.00. The second-order valence-corrected chi connectivity index (χ2v) is 7.39. The van der Waals surface area contributed by atoms with Gasteiger partial charge in [0.25, 0.3) is 0 Å². The zero-order valence-electron chi connectivity index (χ0n) is 15.6. The van der Waals surface area contributed by atoms with E-state index in [1.165, 1.54) is 11.8 Å². The zero-order chi connectivity index (χ0) is 18.9. The molecule has 0 aliphatic carbocycles. The molecule has 0 saturated carbocycles. The number of piperazine rings is 1. The third-order valence-electron chi connectivity index (χ3n) is 5.58. The molecular weight excluding hydrogens is 357 g/mol. The molecule has 6 nitrogen and oxygen atoms in total. The fourth-order valence-electron chi connectivity index (χ4n) is 4.21. The number of nitrogens with zero attached hydrogens (tertiary/aromatic N) is 2. The second-order valence-electron chi connectivity index (χ2n) is 7.39. The quantitative estimate of drug-likeness (QED) is 0.631. The van der Waals surface area contributed by atoms with Crippen molar-refractivity contribution in [1.82, 2.24) is 15.8 Å². The Balaban J connectivity index is 1.21. The van der Waals surface area contributed by atoms with Crippen molar-refractivity contribution in [2.45, 2.75) is 12.5 Å². The number of rotatable bonds is 5. The van der Waals surface area contributed by atoms with Gasteiger partial charge in [0.15, 0.2) is 0 Å². The number of halogens is 1. The van der Waals surface area contributed by atoms with Crippen LogP contribution in [0, 0.1) is 5.82 Å². The smallest absolute Gasteiger partial charge is 0.137 e. The maximum Gasteiger partial charge on any atom is 0.137 e. The van der Waals surface area contributed by atoms with Crippen molar-refractivity contribution >= 4 is 22.3 Å². The molecule has 0 radical (unpaired) electrons. The number of para-hydroxylation sites is 2. The van der Waals surface area contributed by atoms with Gasteiger partial charge in [-0.15, -0.1) is 5.53 Å². The minimum absolute atomic E-state index is 0.108. The third kappa shape index (κ3) is 3.32. The zero-order valence-corrected chi connectivity index (χ0v) is 15.6. The Kier molecular flexibility index (Phi) is 4.64. The Morgan fingerprint density at radius 3 is 3.04 bits per heavy atom. The van der Waals surface area contributed by atoms with Crippen LogP contribution in [0.3, 0.4) is 0 Å². The number of furan rings is 1. The number of nitrogens with one attached hydrogen (secondary N) is 3. The van der Waals surface area contributed by atoms with Gasteiger partial charge in [-0.3, -0.25) is 5.01 Å². The van der Waals surface area contributed by atoms with Gasteiger partial charge < -0.3 is 20.1 Å². The monoisotopic (exact) mass is 381 g/mol. The molecule has 3 N–H and O–H groups in total. The lowest BCUT2D eigenvalue weighted by Crippen LogP contribution is -2.47. The molecule has 28 heavy (non-hydrogen) atoms. The predicted molar refractivity (Wildman–Crippen MR) is 109 cm³/mol. The SMILES string of the molecule is Fc1cc(C2CN(CCCN3NNc4ccccc43)CCN2)c2ccoc2c1. The molecule has 1 unspecified atom stereocenters. The fraction of sp³-hybridized carbons (Fsp3) is 0.333. The van der Waals surface area contributed by atoms with E-state index >= 15 is 0 Å². The van der Waals surface area contributed by atoms with Crippen molar-refractivity contribution in [3.8, 4) is 0 Å². The van der Waals surface area contributed by atoms with Gasteiger partial charge in [0.05, 0.1) is 17.6 Å². The summed E-state index contributed by atoms with van der Waals surface area (Å²) in [5.41, 5.74) is 10.3. The van der Waals surface area contributed by atoms with E-state index in [0.29, 0.717) is 5.58 Å². The van der Waals surface area contributed by atoms with Crippen LogP contribution in [0.4, 0.5) is 15.8 Å². The number of hydrogen-bond acceptors (Lipinski definition) is 6. The Hall–Kier alpha value is -2.61. The maximum absolute atomic E-state index is 14.0. The Morgan fingerprint density at radius 2 is 2.07 bits per heavy atom. The average molecular weight is 381 g/mol. The highest BCUT2D eigenvalue weighted by Gasteiger charge is 2.24. The van der Waals surface area contributed by atoms with Crippen molar-refractivity contribution in [3.63, 3.8) is 0 Å². The van der Waals surface area contributed by atoms with E-state index in [9.17, 15) is 4.39 Å². The molecule has 0 bridgehead atoms. The van der Waals surface area contributed by atoms with E-state index in [2.05, 4.69) is 44.4 Å². The Bertz CT molecular complexity index is 974. The van der Waals surface area contributed by atoms with Crippen LogP contribution >= 0.6 is 0 Å². The van der Waals surface area contributed by atoms with Crippen molar-refractivity contribution < 1.29 is 8.81 Å². The first-order chi connectivity index (χ1) is 13.8. The van der Waals surface area contributed by atoms with Gasteiger partial charge in [0.2, 0.25) is 0 Å². The van der Waals surface area contributed by atoms with Gasteiger partial charge in [-0.25, -0.2) is 4.39 Å². The van der Waals surface area contributed by atoms with Crippen LogP contribution in [0.2, 0.25) is 0 Å². The summed E-state index contributed by atoms with van der Waals surface area (Å²) >= 11 is 0. The van der Waals surface area contributed by atoms with Crippen LogP contribution < -0.4 is 21.3 Å². The maximum atomic E-state index is 14.0. The minimum atomic E-state index is -0.248. The minimum Gasteiger partial charge on any atom is -0.464 e. The average Bonchev–Trinajstić information content (AvgIpc) is 3.35. The summed E-state index contributed by atoms with van der Waals surface area (Å²) in [5.74, 6) is -0.248. The van der Waals surface area contributed by atoms with Crippen LogP contribution in [0.1, 0.15) is 18.0 Å². The molecule has 2 aliphatic rings. The molecule has 2 aromatic carbocycles. The molecule has 0 amide bonds. The van der Waals surface area contributed by atoms with Gasteiger partial charge in [0.1, 0.15) is 11.4 Å². The molecule has 1 saturated heterocycles. The van der Waals surface area contributed by atoms with Gasteiger partial charge in [0, 0.05) is 50.2 Å². The molecule has 2 aliphatic heterocycles. The Morgan fingerprint density at radius 1 is 1.14 bits per heavy atom. The summed E-state index contributed by atoms with van der Waals surface area (Å²) in [6, 6.07) is 13.4. The number of benzene rings is 2. The summed E-state index contributed by atoms with van der Waals surface area (Å²) in [6.45, 7) is 4.69. The summed E-state index contributed by atoms with van der Waals surface area (Å²) in [7, 11) is 0. The van der Waals surface area contributed by atoms with Crippen LogP contribution in [0.15, 0.2) is 53.1 Å². The van der Waals surface area contributed by atoms with Crippen molar-refractivity contribution in [2.24, 2.45) is 0 Å². The molecular formula is C21H24FN5O. The fourth-order valence-corrected chi connectivity index (χ4v) is 4.21. The molecule has 1 atom stereocenters. The van der Waals surface area contributed by atoms with Crippen LogP contribution in [0.25, 0.3) is 11.0 Å². The highest BCUT2D eigenvalue weighted by molar-refractivity contribution is 5.81. The van der Waals surface area contributed by atoms with Crippen LogP contribution in [0.5, 0.6) is 0 Å². The standard InChI is InChI=1S/C21H24FN5O/c22-15-12-17(16-6-11-28-21(16)13-15)19-14-26(10-7-23-19)8-3-9-27-20-5-2-1-4-18(20)24-25-27/h1-2,4-6,11-13,19,23-25H,3,7-10,14H2. The number of fused-ring (bicyclic) bond motifs is 2. The number of anilines is 2. The first kappa shape index (κ1) is 17.5. The van der Waals surface area contributed by atoms with E-state index in [0.717, 1.165) is 55.8 Å². The van der Waals surface area contributed by atoms with E-state index < -0.39 is 0 Å². The first-order valence-corrected chi connectivity index (χ1v) is 9.78. The number of hydrazine groups is 2. The normalized spacial score (nSPS) is 19.8. The molecule has 5 rings (SSSR count). The highest BCUT2D eigenvalue weighted by atomic mass is 19.1. The molecule has 146 valence electrons. The van der Waals surface area contributed by atoms with Crippen LogP contribution in [-0.2, 0) is 0 Å². The first-order valence-electron chi connectivity index (χ1n) is 9.78. The summed E-state index contributed by atoms with van der Waals surface area (Å²) < 4.78 is 19.4. The van der Waals surface area contributed by atoms with Crippen molar-refractivity contribution in [3.05, 3.63) is 60.1 Å². The Labute approximate surface area is 163 Å². The van der Waals surface area contributed by atoms with Gasteiger partial charge in [-0.05, 0) is 36.2 Å². The summed E-state index contributed by atoms with van der Waals surface area (Å²) in [4.78, 5) is 2.45. The predicted octanol–water partition coefficient (Wildman–Crippen LogP) is 3.26. The van der Waals surface area contributed by atoms with Gasteiger partial charge in [-0.2, -0.15) is 0 Å². The van der Waals surface area contributed by atoms with Crippen molar-refractivity contribution in [2.75, 3.05) is 43.2 Å².